The second-order valence-electron chi connectivity index (χ2n) is 4.85. The van der Waals surface area contributed by atoms with E-state index in [9.17, 15) is 29.8 Å². The molecule has 2 aromatic carbocycles. The standard InChI is InChI=1S/C13H9Br3O7S3.Na/c14-13(15,16)25(19,20)10-6-4-9(5-7-10)24(17,18)11-2-1-3-12(8-11)26(21,22)23;/h1-8H,(H,21,22,23);/q;+1/p-1. The molecule has 0 saturated carbocycles. The predicted octanol–water partition coefficient (Wildman–Crippen LogP) is -0.00280. The van der Waals surface area contributed by atoms with E-state index < -0.39 is 41.1 Å². The molecular formula is C13H8Br3NaO7S3. The molecule has 0 aromatic heterocycles. The van der Waals surface area contributed by atoms with Crippen LogP contribution in [-0.2, 0) is 29.8 Å². The molecule has 0 atom stereocenters. The molecule has 0 fully saturated rings. The van der Waals surface area contributed by atoms with E-state index in [4.69, 9.17) is 0 Å². The summed E-state index contributed by atoms with van der Waals surface area (Å²) < 4.78 is 81.3. The van der Waals surface area contributed by atoms with E-state index in [1.54, 1.807) is 0 Å². The van der Waals surface area contributed by atoms with Crippen LogP contribution in [0.1, 0.15) is 0 Å². The summed E-state index contributed by atoms with van der Waals surface area (Å²) in [6.45, 7) is 0. The fourth-order valence-electron chi connectivity index (χ4n) is 1.86. The molecule has 0 radical (unpaired) electrons. The first-order valence-electron chi connectivity index (χ1n) is 6.40. The van der Waals surface area contributed by atoms with Crippen LogP contribution in [0, 0.1) is 0 Å². The van der Waals surface area contributed by atoms with Crippen LogP contribution in [-0.4, -0.2) is 31.3 Å². The van der Waals surface area contributed by atoms with Gasteiger partial charge in [-0.05, 0) is 90.3 Å². The Balaban J connectivity index is 0.00000364. The molecule has 0 N–H and O–H groups in total. The molecule has 142 valence electrons. The molecule has 0 saturated heterocycles. The van der Waals surface area contributed by atoms with Gasteiger partial charge in [-0.3, -0.25) is 0 Å². The second-order valence-corrected chi connectivity index (χ2v) is 18.6. The molecule has 0 heterocycles. The Morgan fingerprint density at radius 3 is 1.59 bits per heavy atom. The minimum absolute atomic E-state index is 0. The second kappa shape index (κ2) is 8.82. The number of benzene rings is 2. The molecule has 2 rings (SSSR count). The van der Waals surface area contributed by atoms with E-state index in [0.29, 0.717) is 0 Å². The Labute approximate surface area is 204 Å². The zero-order valence-electron chi connectivity index (χ0n) is 13.3. The van der Waals surface area contributed by atoms with Crippen molar-refractivity contribution < 1.29 is 59.4 Å². The van der Waals surface area contributed by atoms with Crippen molar-refractivity contribution >= 4 is 77.6 Å². The van der Waals surface area contributed by atoms with Gasteiger partial charge >= 0.3 is 29.6 Å². The number of hydrogen-bond donors (Lipinski definition) is 0. The van der Waals surface area contributed by atoms with Crippen LogP contribution in [0.3, 0.4) is 0 Å². The number of hydrogen-bond acceptors (Lipinski definition) is 7. The number of sulfone groups is 2. The van der Waals surface area contributed by atoms with Crippen molar-refractivity contribution in [2.45, 2.75) is 21.1 Å². The first kappa shape index (κ1) is 25.7. The first-order chi connectivity index (χ1) is 11.7. The summed E-state index contributed by atoms with van der Waals surface area (Å²) in [7, 11) is -12.9. The molecule has 27 heavy (non-hydrogen) atoms. The third-order valence-electron chi connectivity index (χ3n) is 3.15. The summed E-state index contributed by atoms with van der Waals surface area (Å²) in [5.74, 6) is 0. The fraction of sp³-hybridized carbons (Fsp3) is 0.0769. The van der Waals surface area contributed by atoms with Crippen molar-refractivity contribution in [3.05, 3.63) is 48.5 Å². The van der Waals surface area contributed by atoms with E-state index in [1.807, 2.05) is 0 Å². The summed E-state index contributed by atoms with van der Waals surface area (Å²) in [6, 6.07) is 8.32. The van der Waals surface area contributed by atoms with Gasteiger partial charge in [0, 0.05) is 0 Å². The third-order valence-corrected chi connectivity index (χ3v) is 11.1. The van der Waals surface area contributed by atoms with E-state index in [1.165, 1.54) is 0 Å². The van der Waals surface area contributed by atoms with Gasteiger partial charge in [0.2, 0.25) is 21.1 Å². The van der Waals surface area contributed by atoms with Crippen molar-refractivity contribution in [2.75, 3.05) is 0 Å². The van der Waals surface area contributed by atoms with Crippen molar-refractivity contribution in [3.63, 3.8) is 0 Å². The minimum atomic E-state index is -4.82. The van der Waals surface area contributed by atoms with Crippen molar-refractivity contribution in [3.8, 4) is 0 Å². The van der Waals surface area contributed by atoms with Crippen LogP contribution >= 0.6 is 47.8 Å². The van der Waals surface area contributed by atoms with Gasteiger partial charge in [0.15, 0.2) is 0 Å². The smallest absolute Gasteiger partial charge is 0.744 e. The topological polar surface area (TPSA) is 125 Å². The van der Waals surface area contributed by atoms with Crippen LogP contribution < -0.4 is 29.6 Å². The molecule has 0 spiro atoms. The monoisotopic (exact) mass is 632 g/mol. The Morgan fingerprint density at radius 2 is 1.15 bits per heavy atom. The van der Waals surface area contributed by atoms with Crippen LogP contribution in [0.5, 0.6) is 0 Å². The molecular weight excluding hydrogens is 627 g/mol. The Morgan fingerprint density at radius 1 is 0.704 bits per heavy atom. The minimum Gasteiger partial charge on any atom is -0.744 e. The van der Waals surface area contributed by atoms with E-state index in [0.717, 1.165) is 48.5 Å². The van der Waals surface area contributed by atoms with Crippen LogP contribution in [0.25, 0.3) is 0 Å². The van der Waals surface area contributed by atoms with Gasteiger partial charge in [-0.1, -0.05) is 6.07 Å². The van der Waals surface area contributed by atoms with Crippen molar-refractivity contribution in [1.82, 2.24) is 0 Å². The average Bonchev–Trinajstić information content (AvgIpc) is 2.53. The molecule has 0 aliphatic carbocycles. The van der Waals surface area contributed by atoms with Gasteiger partial charge in [-0.2, -0.15) is 0 Å². The predicted molar refractivity (Wildman–Crippen MR) is 103 cm³/mol. The van der Waals surface area contributed by atoms with Crippen molar-refractivity contribution in [2.24, 2.45) is 0 Å². The fourth-order valence-corrected chi connectivity index (χ4v) is 6.21. The van der Waals surface area contributed by atoms with Crippen LogP contribution in [0.2, 0.25) is 0 Å². The number of alkyl halides is 3. The summed E-state index contributed by atoms with van der Waals surface area (Å²) in [4.78, 5) is -1.51. The first-order valence-corrected chi connectivity index (χ1v) is 13.2. The maximum absolute atomic E-state index is 12.6. The number of halogens is 3. The molecule has 0 bridgehead atoms. The number of rotatable bonds is 4. The van der Waals surface area contributed by atoms with Gasteiger partial charge in [0.05, 0.1) is 19.6 Å². The average molecular weight is 635 g/mol. The maximum atomic E-state index is 12.6. The molecule has 7 nitrogen and oxygen atoms in total. The molecule has 0 aliphatic heterocycles. The van der Waals surface area contributed by atoms with Gasteiger partial charge in [0.25, 0.3) is 0 Å². The molecule has 0 aliphatic rings. The zero-order chi connectivity index (χ0) is 20.0. The summed E-state index contributed by atoms with van der Waals surface area (Å²) in [5, 5.41) is 0. The molecule has 0 unspecified atom stereocenters. The van der Waals surface area contributed by atoms with Gasteiger partial charge in [-0.25, -0.2) is 25.3 Å². The van der Waals surface area contributed by atoms with Gasteiger partial charge < -0.3 is 4.55 Å². The third kappa shape index (κ3) is 5.64. The SMILES string of the molecule is O=S(=O)([O-])c1cccc(S(=O)(=O)c2ccc(S(=O)(=O)C(Br)(Br)Br)cc2)c1.[Na+]. The molecule has 0 amide bonds. The summed E-state index contributed by atoms with van der Waals surface area (Å²) in [6.07, 6.45) is 0. The molecule has 14 heteroatoms. The Kier molecular flexibility index (Phi) is 8.40. The summed E-state index contributed by atoms with van der Waals surface area (Å²) in [5.41, 5.74) is 0. The van der Waals surface area contributed by atoms with Gasteiger partial charge in [-0.15, -0.1) is 0 Å². The van der Waals surface area contributed by atoms with Gasteiger partial charge in [0.1, 0.15) is 10.1 Å². The Bertz CT molecular complexity index is 1150. The van der Waals surface area contributed by atoms with E-state index >= 15 is 0 Å². The normalized spacial score (nSPS) is 13.0. The molecule has 2 aromatic rings. The Hall–Kier alpha value is 0.690. The quantitative estimate of drug-likeness (QED) is 0.263. The van der Waals surface area contributed by atoms with Crippen LogP contribution in [0.4, 0.5) is 0 Å². The van der Waals surface area contributed by atoms with E-state index in [-0.39, 0.29) is 39.3 Å². The maximum Gasteiger partial charge on any atom is 1.00 e. The van der Waals surface area contributed by atoms with Crippen molar-refractivity contribution in [1.29, 1.82) is 0 Å². The van der Waals surface area contributed by atoms with Crippen LogP contribution in [0.15, 0.2) is 68.1 Å². The largest absolute Gasteiger partial charge is 1.00 e. The van der Waals surface area contributed by atoms with E-state index in [2.05, 4.69) is 47.8 Å². The summed E-state index contributed by atoms with van der Waals surface area (Å²) >= 11 is 8.70. The zero-order valence-corrected chi connectivity index (χ0v) is 22.5.